The van der Waals surface area contributed by atoms with Crippen molar-refractivity contribution in [2.24, 2.45) is 0 Å². The minimum Gasteiger partial charge on any atom is -0.487 e. The molecule has 0 saturated carbocycles. The molecule has 0 bridgehead atoms. The molecule has 0 aliphatic carbocycles. The van der Waals surface area contributed by atoms with Gasteiger partial charge in [-0.2, -0.15) is 8.42 Å². The number of nitrogens with one attached hydrogen (secondary N) is 1. The van der Waals surface area contributed by atoms with E-state index in [-0.39, 0.29) is 28.6 Å². The molecule has 0 aliphatic heterocycles. The molecule has 0 radical (unpaired) electrons. The van der Waals surface area contributed by atoms with Gasteiger partial charge in [-0.05, 0) is 72.7 Å². The monoisotopic (exact) mass is 514 g/mol. The SMILES string of the molecule is Cc1cc(-c2nnn[nH]2)ccc1COc1cc(C(F)F)ccc1N(C(C)C)S(=O)(=O)c1ccccn1. The van der Waals surface area contributed by atoms with Crippen molar-refractivity contribution in [2.75, 3.05) is 4.31 Å². The molecule has 0 aliphatic rings. The van der Waals surface area contributed by atoms with Crippen LogP contribution in [-0.4, -0.2) is 40.1 Å². The predicted molar refractivity (Wildman–Crippen MR) is 129 cm³/mol. The standard InChI is InChI=1S/C24H24F2N6O3S/c1-15(2)32(36(33,34)22-6-4-5-11-27-22)20-10-9-17(23(25)26)13-21(20)35-14-19-8-7-18(12-16(19)3)24-28-30-31-29-24/h4-13,15,23H,14H2,1-3H3,(H,28,29,30,31). The lowest BCUT2D eigenvalue weighted by Gasteiger charge is -2.29. The van der Waals surface area contributed by atoms with Crippen molar-refractivity contribution in [3.8, 4) is 17.1 Å². The first-order valence-corrected chi connectivity index (χ1v) is 12.5. The Morgan fingerprint density at radius 3 is 2.50 bits per heavy atom. The molecule has 4 rings (SSSR count). The summed E-state index contributed by atoms with van der Waals surface area (Å²) in [6, 6.07) is 13.2. The fraction of sp³-hybridized carbons (Fsp3) is 0.250. The third kappa shape index (κ3) is 5.18. The molecule has 0 amide bonds. The van der Waals surface area contributed by atoms with E-state index in [1.54, 1.807) is 32.0 Å². The first-order valence-electron chi connectivity index (χ1n) is 11.0. The number of pyridine rings is 1. The lowest BCUT2D eigenvalue weighted by atomic mass is 10.1. The average molecular weight is 515 g/mol. The maximum atomic E-state index is 13.5. The Morgan fingerprint density at radius 1 is 1.08 bits per heavy atom. The van der Waals surface area contributed by atoms with Gasteiger partial charge >= 0.3 is 0 Å². The maximum Gasteiger partial charge on any atom is 0.282 e. The summed E-state index contributed by atoms with van der Waals surface area (Å²) in [5.74, 6) is 0.522. The van der Waals surface area contributed by atoms with E-state index >= 15 is 0 Å². The van der Waals surface area contributed by atoms with E-state index in [1.165, 1.54) is 30.5 Å². The summed E-state index contributed by atoms with van der Waals surface area (Å²) in [5, 5.41) is 13.6. The number of benzene rings is 2. The van der Waals surface area contributed by atoms with Gasteiger partial charge in [0.05, 0.1) is 5.69 Å². The highest BCUT2D eigenvalue weighted by Crippen LogP contribution is 2.37. The maximum absolute atomic E-state index is 13.5. The van der Waals surface area contributed by atoms with Crippen LogP contribution >= 0.6 is 0 Å². The molecule has 9 nitrogen and oxygen atoms in total. The third-order valence-electron chi connectivity index (χ3n) is 5.45. The van der Waals surface area contributed by atoms with Gasteiger partial charge in [-0.3, -0.25) is 4.31 Å². The highest BCUT2D eigenvalue weighted by Gasteiger charge is 2.31. The average Bonchev–Trinajstić information content (AvgIpc) is 3.39. The van der Waals surface area contributed by atoms with Crippen LogP contribution in [0.1, 0.15) is 37.0 Å². The minimum absolute atomic E-state index is 0.0175. The molecule has 2 heterocycles. The van der Waals surface area contributed by atoms with Crippen molar-refractivity contribution in [1.29, 1.82) is 0 Å². The van der Waals surface area contributed by atoms with E-state index in [9.17, 15) is 17.2 Å². The van der Waals surface area contributed by atoms with Crippen LogP contribution in [0.3, 0.4) is 0 Å². The zero-order valence-corrected chi connectivity index (χ0v) is 20.6. The van der Waals surface area contributed by atoms with E-state index in [2.05, 4.69) is 25.6 Å². The second-order valence-electron chi connectivity index (χ2n) is 8.27. The first kappa shape index (κ1) is 25.2. The van der Waals surface area contributed by atoms with Crippen LogP contribution in [0.4, 0.5) is 14.5 Å². The van der Waals surface area contributed by atoms with Crippen LogP contribution in [-0.2, 0) is 16.6 Å². The van der Waals surface area contributed by atoms with Crippen LogP contribution in [0.5, 0.6) is 5.75 Å². The zero-order chi connectivity index (χ0) is 25.9. The number of H-pyrrole nitrogens is 1. The molecule has 0 unspecified atom stereocenters. The highest BCUT2D eigenvalue weighted by molar-refractivity contribution is 7.92. The summed E-state index contributed by atoms with van der Waals surface area (Å²) in [5.41, 5.74) is 2.27. The molecule has 2 aromatic carbocycles. The van der Waals surface area contributed by atoms with Gasteiger partial charge in [0.25, 0.3) is 16.4 Å². The van der Waals surface area contributed by atoms with Crippen molar-refractivity contribution in [3.63, 3.8) is 0 Å². The van der Waals surface area contributed by atoms with Crippen LogP contribution in [0.25, 0.3) is 11.4 Å². The Balaban J connectivity index is 1.70. The van der Waals surface area contributed by atoms with Crippen molar-refractivity contribution >= 4 is 15.7 Å². The highest BCUT2D eigenvalue weighted by atomic mass is 32.2. The molecule has 0 atom stereocenters. The van der Waals surface area contributed by atoms with E-state index in [0.29, 0.717) is 5.82 Å². The topological polar surface area (TPSA) is 114 Å². The van der Waals surface area contributed by atoms with Gasteiger partial charge in [0.2, 0.25) is 0 Å². The van der Waals surface area contributed by atoms with Gasteiger partial charge in [0.1, 0.15) is 12.4 Å². The fourth-order valence-electron chi connectivity index (χ4n) is 3.69. The minimum atomic E-state index is -4.10. The number of tetrazole rings is 1. The van der Waals surface area contributed by atoms with Gasteiger partial charge in [-0.15, -0.1) is 5.10 Å². The molecule has 2 aromatic heterocycles. The summed E-state index contributed by atoms with van der Waals surface area (Å²) in [6.45, 7) is 5.27. The lowest BCUT2D eigenvalue weighted by molar-refractivity contribution is 0.151. The van der Waals surface area contributed by atoms with E-state index in [1.807, 2.05) is 19.1 Å². The Hall–Kier alpha value is -3.93. The molecule has 0 spiro atoms. The van der Waals surface area contributed by atoms with Gasteiger partial charge < -0.3 is 4.74 Å². The van der Waals surface area contributed by atoms with Crippen LogP contribution < -0.4 is 9.04 Å². The molecule has 12 heteroatoms. The van der Waals surface area contributed by atoms with Crippen LogP contribution in [0, 0.1) is 6.92 Å². The van der Waals surface area contributed by atoms with Gasteiger partial charge in [0.15, 0.2) is 10.9 Å². The molecule has 4 aromatic rings. The predicted octanol–water partition coefficient (Wildman–Crippen LogP) is 4.69. The van der Waals surface area contributed by atoms with E-state index in [0.717, 1.165) is 21.0 Å². The second kappa shape index (κ2) is 10.4. The number of aromatic nitrogens is 5. The van der Waals surface area contributed by atoms with Gasteiger partial charge in [-0.1, -0.05) is 24.3 Å². The van der Waals surface area contributed by atoms with E-state index in [4.69, 9.17) is 4.74 Å². The number of ether oxygens (including phenoxy) is 1. The number of rotatable bonds is 9. The Kier molecular flexibility index (Phi) is 7.25. The normalized spacial score (nSPS) is 11.8. The van der Waals surface area contributed by atoms with Crippen molar-refractivity contribution in [1.82, 2.24) is 25.6 Å². The number of hydrogen-bond acceptors (Lipinski definition) is 7. The second-order valence-corrected chi connectivity index (χ2v) is 10.0. The van der Waals surface area contributed by atoms with E-state index < -0.39 is 22.5 Å². The van der Waals surface area contributed by atoms with Crippen molar-refractivity contribution in [2.45, 2.75) is 44.9 Å². The Morgan fingerprint density at radius 2 is 1.89 bits per heavy atom. The lowest BCUT2D eigenvalue weighted by Crippen LogP contribution is -2.37. The summed E-state index contributed by atoms with van der Waals surface area (Å²) in [6.07, 6.45) is -1.37. The molecule has 0 saturated heterocycles. The number of nitrogens with zero attached hydrogens (tertiary/aromatic N) is 5. The van der Waals surface area contributed by atoms with Gasteiger partial charge in [0, 0.05) is 23.4 Å². The summed E-state index contributed by atoms with van der Waals surface area (Å²) < 4.78 is 61.1. The third-order valence-corrected chi connectivity index (χ3v) is 7.35. The zero-order valence-electron chi connectivity index (χ0n) is 19.8. The van der Waals surface area contributed by atoms with Crippen LogP contribution in [0.15, 0.2) is 65.8 Å². The fourth-order valence-corrected chi connectivity index (χ4v) is 5.30. The number of anilines is 1. The van der Waals surface area contributed by atoms with Crippen molar-refractivity contribution < 1.29 is 21.9 Å². The molecule has 188 valence electrons. The largest absolute Gasteiger partial charge is 0.487 e. The number of halogens is 2. The molecular formula is C24H24F2N6O3S. The van der Waals surface area contributed by atoms with Crippen LogP contribution in [0.2, 0.25) is 0 Å². The number of hydrogen-bond donors (Lipinski definition) is 1. The smallest absolute Gasteiger partial charge is 0.282 e. The number of aryl methyl sites for hydroxylation is 1. The number of sulfonamides is 1. The summed E-state index contributed by atoms with van der Waals surface area (Å²) >= 11 is 0. The summed E-state index contributed by atoms with van der Waals surface area (Å²) in [4.78, 5) is 3.98. The van der Waals surface area contributed by atoms with Crippen molar-refractivity contribution in [3.05, 3.63) is 77.5 Å². The molecular weight excluding hydrogens is 490 g/mol. The molecule has 36 heavy (non-hydrogen) atoms. The quantitative estimate of drug-likeness (QED) is 0.345. The van der Waals surface area contributed by atoms with Gasteiger partial charge in [-0.25, -0.2) is 18.9 Å². The molecule has 0 fully saturated rings. The first-order chi connectivity index (χ1) is 17.2. The Labute approximate surface area is 207 Å². The molecule has 1 N–H and O–H groups in total. The number of aromatic amines is 1. The number of alkyl halides is 2. The summed E-state index contributed by atoms with van der Waals surface area (Å²) in [7, 11) is -4.10. The Bertz CT molecular complexity index is 1430.